The van der Waals surface area contributed by atoms with Crippen molar-refractivity contribution in [3.05, 3.63) is 85.2 Å². The van der Waals surface area contributed by atoms with Gasteiger partial charge in [-0.1, -0.05) is 66.7 Å². The van der Waals surface area contributed by atoms with Crippen molar-refractivity contribution in [2.75, 3.05) is 6.61 Å². The molecule has 1 aliphatic carbocycles. The summed E-state index contributed by atoms with van der Waals surface area (Å²) in [5.74, 6) is 0. The van der Waals surface area contributed by atoms with Crippen molar-refractivity contribution in [1.29, 1.82) is 0 Å². The van der Waals surface area contributed by atoms with Crippen molar-refractivity contribution in [3.63, 3.8) is 0 Å². The maximum Gasteiger partial charge on any atom is 0.106 e. The largest absolute Gasteiger partial charge is 0.497 e. The van der Waals surface area contributed by atoms with Crippen molar-refractivity contribution in [1.82, 2.24) is 0 Å². The van der Waals surface area contributed by atoms with Crippen LogP contribution in [0.1, 0.15) is 0 Å². The van der Waals surface area contributed by atoms with Gasteiger partial charge in [0.2, 0.25) is 0 Å². The molecule has 0 aromatic heterocycles. The number of ether oxygens (including phenoxy) is 1. The van der Waals surface area contributed by atoms with Gasteiger partial charge in [0.25, 0.3) is 0 Å². The molecule has 0 bridgehead atoms. The number of fused-ring (bicyclic) bond motifs is 3. The Morgan fingerprint density at radius 1 is 0.636 bits per heavy atom. The molecule has 1 heteroatoms. The van der Waals surface area contributed by atoms with E-state index < -0.39 is 0 Å². The van der Waals surface area contributed by atoms with E-state index in [-0.39, 0.29) is 0 Å². The molecule has 1 aliphatic heterocycles. The molecule has 22 heavy (non-hydrogen) atoms. The van der Waals surface area contributed by atoms with E-state index in [0.717, 1.165) is 6.61 Å². The van der Waals surface area contributed by atoms with E-state index in [2.05, 4.69) is 60.7 Å². The maximum absolute atomic E-state index is 4.80. The standard InChI is InChI=1S/C16H10.C5H6O/c1-2-8-13-12(7-1)14-9-3-5-11-6-4-10-15(13)16(11)14;1-2-4-6-5-3-1/h1-10H;1-4H,5H2. The third-order valence-electron chi connectivity index (χ3n) is 4.03. The lowest BCUT2D eigenvalue weighted by atomic mass is 10.0. The van der Waals surface area contributed by atoms with Gasteiger partial charge in [0.05, 0.1) is 6.26 Å². The summed E-state index contributed by atoms with van der Waals surface area (Å²) in [5, 5.41) is 2.75. The molecule has 1 nitrogen and oxygen atoms in total. The summed E-state index contributed by atoms with van der Waals surface area (Å²) < 4.78 is 4.80. The molecule has 0 radical (unpaired) electrons. The summed E-state index contributed by atoms with van der Waals surface area (Å²) in [4.78, 5) is 0. The molecule has 0 amide bonds. The Morgan fingerprint density at radius 3 is 1.73 bits per heavy atom. The normalized spacial score (nSPS) is 13.3. The molecule has 5 rings (SSSR count). The molecule has 0 spiro atoms. The topological polar surface area (TPSA) is 9.23 Å². The first-order valence-electron chi connectivity index (χ1n) is 7.50. The molecule has 106 valence electrons. The van der Waals surface area contributed by atoms with Crippen molar-refractivity contribution >= 4 is 10.8 Å². The first-order chi connectivity index (χ1) is 10.9. The van der Waals surface area contributed by atoms with Crippen molar-refractivity contribution < 1.29 is 4.74 Å². The zero-order valence-electron chi connectivity index (χ0n) is 12.2. The van der Waals surface area contributed by atoms with E-state index in [1.54, 1.807) is 6.26 Å². The highest BCUT2D eigenvalue weighted by Crippen LogP contribution is 2.46. The Morgan fingerprint density at radius 2 is 1.27 bits per heavy atom. The lowest BCUT2D eigenvalue weighted by Gasteiger charge is -2.00. The smallest absolute Gasteiger partial charge is 0.106 e. The molecular formula is C21H16O. The SMILES string of the molecule is C1=CCOC=C1.c1ccc2c(c1)-c1cccc3cccc-2c13. The molecule has 0 N–H and O–H groups in total. The van der Waals surface area contributed by atoms with Crippen LogP contribution in [-0.4, -0.2) is 6.61 Å². The van der Waals surface area contributed by atoms with Crippen LogP contribution >= 0.6 is 0 Å². The van der Waals surface area contributed by atoms with Crippen LogP contribution in [0.3, 0.4) is 0 Å². The third-order valence-corrected chi connectivity index (χ3v) is 4.03. The van der Waals surface area contributed by atoms with E-state index in [0.29, 0.717) is 0 Å². The predicted molar refractivity (Wildman–Crippen MR) is 92.6 cm³/mol. The monoisotopic (exact) mass is 284 g/mol. The number of allylic oxidation sites excluding steroid dienone is 2. The van der Waals surface area contributed by atoms with Gasteiger partial charge in [-0.25, -0.2) is 0 Å². The van der Waals surface area contributed by atoms with E-state index in [1.165, 1.54) is 33.0 Å². The van der Waals surface area contributed by atoms with Gasteiger partial charge in [0.15, 0.2) is 0 Å². The highest BCUT2D eigenvalue weighted by Gasteiger charge is 2.19. The van der Waals surface area contributed by atoms with Crippen LogP contribution < -0.4 is 0 Å². The zero-order chi connectivity index (χ0) is 14.8. The van der Waals surface area contributed by atoms with E-state index in [9.17, 15) is 0 Å². The summed E-state index contributed by atoms with van der Waals surface area (Å²) in [7, 11) is 0. The summed E-state index contributed by atoms with van der Waals surface area (Å²) in [5.41, 5.74) is 5.50. The Kier molecular flexibility index (Phi) is 3.24. The number of hydrogen-bond acceptors (Lipinski definition) is 1. The molecule has 3 aromatic rings. The van der Waals surface area contributed by atoms with Crippen molar-refractivity contribution in [2.45, 2.75) is 0 Å². The molecule has 3 aromatic carbocycles. The highest BCUT2D eigenvalue weighted by atomic mass is 16.5. The Balaban J connectivity index is 0.000000177. The molecule has 0 atom stereocenters. The average Bonchev–Trinajstić information content (AvgIpc) is 2.94. The summed E-state index contributed by atoms with van der Waals surface area (Å²) in [6, 6.07) is 21.8. The molecular weight excluding hydrogens is 268 g/mol. The van der Waals surface area contributed by atoms with Crippen LogP contribution in [0.5, 0.6) is 0 Å². The highest BCUT2D eigenvalue weighted by molar-refractivity contribution is 6.15. The van der Waals surface area contributed by atoms with E-state index in [1.807, 2.05) is 18.2 Å². The lowest BCUT2D eigenvalue weighted by molar-refractivity contribution is 0.286. The molecule has 0 fully saturated rings. The minimum Gasteiger partial charge on any atom is -0.497 e. The Labute approximate surface area is 130 Å². The number of rotatable bonds is 0. The molecule has 0 saturated heterocycles. The van der Waals surface area contributed by atoms with Gasteiger partial charge < -0.3 is 4.74 Å². The van der Waals surface area contributed by atoms with E-state index >= 15 is 0 Å². The molecule has 0 saturated carbocycles. The second kappa shape index (κ2) is 5.53. The van der Waals surface area contributed by atoms with Crippen molar-refractivity contribution in [3.8, 4) is 22.3 Å². The molecule has 1 heterocycles. The fourth-order valence-corrected chi connectivity index (χ4v) is 3.09. The predicted octanol–water partition coefficient (Wildman–Crippen LogP) is 5.57. The van der Waals surface area contributed by atoms with Gasteiger partial charge in [-0.15, -0.1) is 0 Å². The number of hydrogen-bond donors (Lipinski definition) is 0. The first-order valence-corrected chi connectivity index (χ1v) is 7.50. The average molecular weight is 284 g/mol. The van der Waals surface area contributed by atoms with Crippen LogP contribution in [0.4, 0.5) is 0 Å². The van der Waals surface area contributed by atoms with Crippen LogP contribution in [0.15, 0.2) is 85.2 Å². The van der Waals surface area contributed by atoms with Gasteiger partial charge in [0, 0.05) is 0 Å². The summed E-state index contributed by atoms with van der Waals surface area (Å²) in [6.07, 6.45) is 7.47. The van der Waals surface area contributed by atoms with E-state index in [4.69, 9.17) is 4.74 Å². The maximum atomic E-state index is 4.80. The molecule has 2 aliphatic rings. The Hall–Kier alpha value is -2.80. The lowest BCUT2D eigenvalue weighted by Crippen LogP contribution is -1.82. The zero-order valence-corrected chi connectivity index (χ0v) is 12.2. The summed E-state index contributed by atoms with van der Waals surface area (Å²) >= 11 is 0. The van der Waals surface area contributed by atoms with Gasteiger partial charge >= 0.3 is 0 Å². The van der Waals surface area contributed by atoms with Crippen LogP contribution in [0.2, 0.25) is 0 Å². The van der Waals surface area contributed by atoms with Crippen molar-refractivity contribution in [2.24, 2.45) is 0 Å². The van der Waals surface area contributed by atoms with Crippen LogP contribution in [-0.2, 0) is 4.74 Å². The van der Waals surface area contributed by atoms with Crippen LogP contribution in [0.25, 0.3) is 33.0 Å². The fourth-order valence-electron chi connectivity index (χ4n) is 3.09. The quantitative estimate of drug-likeness (QED) is 0.410. The second-order valence-electron chi connectivity index (χ2n) is 5.34. The molecule has 0 unspecified atom stereocenters. The summed E-state index contributed by atoms with van der Waals surface area (Å²) in [6.45, 7) is 0.733. The Bertz CT molecular complexity index is 818. The van der Waals surface area contributed by atoms with Gasteiger partial charge in [-0.3, -0.25) is 0 Å². The fraction of sp³-hybridized carbons (Fsp3) is 0.0476. The van der Waals surface area contributed by atoms with Crippen LogP contribution in [0, 0.1) is 0 Å². The minimum absolute atomic E-state index is 0.733. The van der Waals surface area contributed by atoms with Gasteiger partial charge in [0.1, 0.15) is 6.61 Å². The third kappa shape index (κ3) is 2.11. The minimum atomic E-state index is 0.733. The van der Waals surface area contributed by atoms with Gasteiger partial charge in [-0.2, -0.15) is 0 Å². The second-order valence-corrected chi connectivity index (χ2v) is 5.34. The van der Waals surface area contributed by atoms with Gasteiger partial charge in [-0.05, 0) is 45.2 Å². The number of benzene rings is 3. The first kappa shape index (κ1) is 12.9.